The van der Waals surface area contributed by atoms with Crippen molar-refractivity contribution in [3.63, 3.8) is 0 Å². The molecule has 0 aliphatic heterocycles. The molecule has 0 fully saturated rings. The van der Waals surface area contributed by atoms with E-state index in [0.717, 1.165) is 10.9 Å². The summed E-state index contributed by atoms with van der Waals surface area (Å²) >= 11 is 9.21. The van der Waals surface area contributed by atoms with Gasteiger partial charge in [0.1, 0.15) is 0 Å². The normalized spacial score (nSPS) is 13.2. The van der Waals surface area contributed by atoms with Crippen molar-refractivity contribution in [2.24, 2.45) is 11.1 Å². The molecule has 0 radical (unpaired) electrons. The van der Waals surface area contributed by atoms with Crippen LogP contribution in [0.1, 0.15) is 33.6 Å². The second kappa shape index (κ2) is 6.73. The van der Waals surface area contributed by atoms with Crippen molar-refractivity contribution in [1.82, 2.24) is 0 Å². The minimum absolute atomic E-state index is 0.0778. The maximum atomic E-state index is 11.9. The fraction of sp³-hybridized carbons (Fsp3) is 0.500. The van der Waals surface area contributed by atoms with Crippen molar-refractivity contribution in [1.29, 1.82) is 0 Å². The summed E-state index contributed by atoms with van der Waals surface area (Å²) in [5.41, 5.74) is 6.82. The van der Waals surface area contributed by atoms with E-state index in [9.17, 15) is 4.79 Å². The third-order valence-corrected chi connectivity index (χ3v) is 3.74. The van der Waals surface area contributed by atoms with Crippen LogP contribution in [-0.2, 0) is 4.79 Å². The quantitative estimate of drug-likeness (QED) is 0.858. The third kappa shape index (κ3) is 6.41. The number of carbonyl (C=O) groups is 1. The number of amides is 1. The van der Waals surface area contributed by atoms with Crippen molar-refractivity contribution in [3.05, 3.63) is 27.7 Å². The van der Waals surface area contributed by atoms with Crippen LogP contribution in [0.4, 0.5) is 5.69 Å². The Morgan fingerprint density at radius 1 is 1.47 bits per heavy atom. The first-order valence-corrected chi connectivity index (χ1v) is 7.35. The lowest BCUT2D eigenvalue weighted by molar-refractivity contribution is -0.116. The first kappa shape index (κ1) is 16.5. The van der Waals surface area contributed by atoms with Gasteiger partial charge in [-0.15, -0.1) is 0 Å². The average Bonchev–Trinajstić information content (AvgIpc) is 2.20. The SMILES string of the molecule is CC(C)(C)CC(N)CC(=O)Nc1ccc(Cl)c(Br)c1. The standard InChI is InChI=1S/C14H20BrClN2O/c1-14(2,3)8-9(17)6-13(19)18-10-4-5-12(16)11(15)7-10/h4-5,7,9H,6,8,17H2,1-3H3,(H,18,19). The molecule has 19 heavy (non-hydrogen) atoms. The molecule has 3 nitrogen and oxygen atoms in total. The van der Waals surface area contributed by atoms with Gasteiger partial charge >= 0.3 is 0 Å². The number of halogens is 2. The van der Waals surface area contributed by atoms with E-state index in [1.165, 1.54) is 0 Å². The van der Waals surface area contributed by atoms with E-state index in [2.05, 4.69) is 42.0 Å². The predicted molar refractivity (Wildman–Crippen MR) is 84.4 cm³/mol. The zero-order valence-electron chi connectivity index (χ0n) is 11.5. The number of hydrogen-bond acceptors (Lipinski definition) is 2. The van der Waals surface area contributed by atoms with Gasteiger partial charge in [-0.05, 0) is 46.0 Å². The Kier molecular flexibility index (Phi) is 5.83. The molecule has 0 aromatic heterocycles. The summed E-state index contributed by atoms with van der Waals surface area (Å²) in [6.45, 7) is 6.34. The summed E-state index contributed by atoms with van der Waals surface area (Å²) in [5.74, 6) is -0.0778. The summed E-state index contributed by atoms with van der Waals surface area (Å²) < 4.78 is 0.756. The van der Waals surface area contributed by atoms with Crippen molar-refractivity contribution in [3.8, 4) is 0 Å². The molecular formula is C14H20BrClN2O. The molecule has 1 unspecified atom stereocenters. The fourth-order valence-corrected chi connectivity index (χ4v) is 2.38. The van der Waals surface area contributed by atoms with Crippen LogP contribution in [0.2, 0.25) is 5.02 Å². The summed E-state index contributed by atoms with van der Waals surface area (Å²) in [6, 6.07) is 5.14. The van der Waals surface area contributed by atoms with Crippen LogP contribution in [0.25, 0.3) is 0 Å². The van der Waals surface area contributed by atoms with Crippen LogP contribution in [0.15, 0.2) is 22.7 Å². The van der Waals surface area contributed by atoms with E-state index in [0.29, 0.717) is 17.1 Å². The Labute approximate surface area is 128 Å². The van der Waals surface area contributed by atoms with Gasteiger partial charge in [-0.2, -0.15) is 0 Å². The van der Waals surface area contributed by atoms with Crippen LogP contribution < -0.4 is 11.1 Å². The second-order valence-electron chi connectivity index (χ2n) is 5.91. The van der Waals surface area contributed by atoms with E-state index >= 15 is 0 Å². The molecule has 0 spiro atoms. The van der Waals surface area contributed by atoms with E-state index in [-0.39, 0.29) is 17.4 Å². The molecule has 0 heterocycles. The molecule has 5 heteroatoms. The molecule has 3 N–H and O–H groups in total. The zero-order chi connectivity index (χ0) is 14.6. The number of nitrogens with two attached hydrogens (primary N) is 1. The lowest BCUT2D eigenvalue weighted by Gasteiger charge is -2.22. The van der Waals surface area contributed by atoms with Crippen molar-refractivity contribution < 1.29 is 4.79 Å². The summed E-state index contributed by atoms with van der Waals surface area (Å²) in [4.78, 5) is 11.9. The Balaban J connectivity index is 2.53. The molecule has 1 rings (SSSR count). The molecule has 0 aliphatic rings. The molecule has 1 amide bonds. The number of hydrogen-bond donors (Lipinski definition) is 2. The van der Waals surface area contributed by atoms with Crippen molar-refractivity contribution in [2.45, 2.75) is 39.7 Å². The number of benzene rings is 1. The van der Waals surface area contributed by atoms with E-state index in [1.807, 2.05) is 0 Å². The van der Waals surface area contributed by atoms with Crippen LogP contribution in [-0.4, -0.2) is 11.9 Å². The Morgan fingerprint density at radius 3 is 2.63 bits per heavy atom. The van der Waals surface area contributed by atoms with E-state index in [1.54, 1.807) is 18.2 Å². The number of carbonyl (C=O) groups excluding carboxylic acids is 1. The van der Waals surface area contributed by atoms with Gasteiger partial charge in [0.15, 0.2) is 0 Å². The smallest absolute Gasteiger partial charge is 0.225 e. The Bertz CT molecular complexity index is 457. The Morgan fingerprint density at radius 2 is 2.11 bits per heavy atom. The molecule has 0 saturated heterocycles. The fourth-order valence-electron chi connectivity index (χ4n) is 1.88. The van der Waals surface area contributed by atoms with Crippen LogP contribution in [0.3, 0.4) is 0 Å². The lowest BCUT2D eigenvalue weighted by Crippen LogP contribution is -2.31. The van der Waals surface area contributed by atoms with Gasteiger partial charge in [0.05, 0.1) is 5.02 Å². The average molecular weight is 348 g/mol. The van der Waals surface area contributed by atoms with Gasteiger partial charge < -0.3 is 11.1 Å². The van der Waals surface area contributed by atoms with Gasteiger partial charge in [0, 0.05) is 22.6 Å². The van der Waals surface area contributed by atoms with Crippen LogP contribution >= 0.6 is 27.5 Å². The summed E-state index contributed by atoms with van der Waals surface area (Å²) in [6.07, 6.45) is 1.13. The molecule has 1 aromatic rings. The molecule has 1 aromatic carbocycles. The molecule has 0 bridgehead atoms. The minimum atomic E-state index is -0.129. The molecule has 0 aliphatic carbocycles. The predicted octanol–water partition coefficient (Wildman–Crippen LogP) is 4.19. The van der Waals surface area contributed by atoms with Crippen LogP contribution in [0.5, 0.6) is 0 Å². The van der Waals surface area contributed by atoms with E-state index < -0.39 is 0 Å². The summed E-state index contributed by atoms with van der Waals surface area (Å²) in [7, 11) is 0. The number of rotatable bonds is 4. The van der Waals surface area contributed by atoms with Gasteiger partial charge in [0.2, 0.25) is 5.91 Å². The van der Waals surface area contributed by atoms with Crippen molar-refractivity contribution in [2.75, 3.05) is 5.32 Å². The monoisotopic (exact) mass is 346 g/mol. The highest BCUT2D eigenvalue weighted by Crippen LogP contribution is 2.26. The highest BCUT2D eigenvalue weighted by Gasteiger charge is 2.18. The first-order chi connectivity index (χ1) is 8.67. The highest BCUT2D eigenvalue weighted by atomic mass is 79.9. The van der Waals surface area contributed by atoms with Gasteiger partial charge in [-0.3, -0.25) is 4.79 Å². The Hall–Kier alpha value is -0.580. The molecule has 1 atom stereocenters. The van der Waals surface area contributed by atoms with Gasteiger partial charge in [-0.25, -0.2) is 0 Å². The van der Waals surface area contributed by atoms with Gasteiger partial charge in [-0.1, -0.05) is 32.4 Å². The molecular weight excluding hydrogens is 328 g/mol. The third-order valence-electron chi connectivity index (χ3n) is 2.53. The molecule has 106 valence electrons. The minimum Gasteiger partial charge on any atom is -0.327 e. The highest BCUT2D eigenvalue weighted by molar-refractivity contribution is 9.10. The number of anilines is 1. The zero-order valence-corrected chi connectivity index (χ0v) is 13.8. The van der Waals surface area contributed by atoms with Crippen molar-refractivity contribution >= 4 is 39.1 Å². The second-order valence-corrected chi connectivity index (χ2v) is 7.17. The maximum Gasteiger partial charge on any atom is 0.225 e. The largest absolute Gasteiger partial charge is 0.327 e. The van der Waals surface area contributed by atoms with Crippen LogP contribution in [0, 0.1) is 5.41 Å². The topological polar surface area (TPSA) is 55.1 Å². The maximum absolute atomic E-state index is 11.9. The molecule has 0 saturated carbocycles. The lowest BCUT2D eigenvalue weighted by atomic mass is 9.87. The first-order valence-electron chi connectivity index (χ1n) is 6.18. The van der Waals surface area contributed by atoms with E-state index in [4.69, 9.17) is 17.3 Å². The van der Waals surface area contributed by atoms with Gasteiger partial charge in [0.25, 0.3) is 0 Å². The number of nitrogens with one attached hydrogen (secondary N) is 1. The summed E-state index contributed by atoms with van der Waals surface area (Å²) in [5, 5.41) is 3.43.